The Hall–Kier alpha value is -2.41. The molecule has 0 aliphatic carbocycles. The van der Waals surface area contributed by atoms with Crippen LogP contribution in [0.4, 0.5) is 0 Å². The van der Waals surface area contributed by atoms with Gasteiger partial charge in [0.15, 0.2) is 0 Å². The van der Waals surface area contributed by atoms with Gasteiger partial charge in [-0.15, -0.1) is 0 Å². The molecule has 2 rings (SSSR count). The molecule has 1 amide bonds. The van der Waals surface area contributed by atoms with Crippen molar-refractivity contribution in [2.24, 2.45) is 5.92 Å². The van der Waals surface area contributed by atoms with Crippen molar-refractivity contribution in [2.75, 3.05) is 19.6 Å². The number of carbonyl (C=O) groups excluding carboxylic acids is 1. The van der Waals surface area contributed by atoms with Gasteiger partial charge in [0.25, 0.3) is 0 Å². The number of carbonyl (C=O) groups is 3. The summed E-state index contributed by atoms with van der Waals surface area (Å²) in [6.45, 7) is 10.5. The van der Waals surface area contributed by atoms with Gasteiger partial charge in [-0.2, -0.15) is 0 Å². The molecule has 162 valence electrons. The second-order valence-electron chi connectivity index (χ2n) is 7.70. The number of nitrogens with one attached hydrogen (secondary N) is 1. The number of likely N-dealkylation sites (tertiary alicyclic amines) is 1. The van der Waals surface area contributed by atoms with Crippen LogP contribution in [0.15, 0.2) is 24.3 Å². The molecule has 1 aliphatic heterocycles. The molecule has 1 heterocycles. The first kappa shape index (κ1) is 24.6. The predicted molar refractivity (Wildman–Crippen MR) is 112 cm³/mol. The maximum Gasteiger partial charge on any atom is 0.414 e. The second kappa shape index (κ2) is 12.9. The number of carboxylic acids is 2. The molecule has 1 aliphatic rings. The summed E-state index contributed by atoms with van der Waals surface area (Å²) in [6, 6.07) is 8.99. The van der Waals surface area contributed by atoms with Gasteiger partial charge in [-0.25, -0.2) is 9.59 Å². The van der Waals surface area contributed by atoms with Gasteiger partial charge in [0.2, 0.25) is 5.91 Å². The zero-order valence-corrected chi connectivity index (χ0v) is 17.7. The first-order valence-corrected chi connectivity index (χ1v) is 10.3. The maximum absolute atomic E-state index is 12.1. The molecule has 29 heavy (non-hydrogen) atoms. The predicted octanol–water partition coefficient (Wildman–Crippen LogP) is 3.09. The van der Waals surface area contributed by atoms with Crippen molar-refractivity contribution in [3.05, 3.63) is 35.4 Å². The molecule has 1 aromatic carbocycles. The van der Waals surface area contributed by atoms with Gasteiger partial charge < -0.3 is 15.5 Å². The molecule has 1 saturated heterocycles. The molecule has 0 bridgehead atoms. The number of hydrogen-bond acceptors (Lipinski definition) is 4. The Morgan fingerprint density at radius 3 is 2.07 bits per heavy atom. The second-order valence-corrected chi connectivity index (χ2v) is 7.70. The SMILES string of the molecule is CCCCNC(=O)C1CCN(Cc2ccc(C(C)C)cc2)CC1.O=C(O)C(=O)O. The Bertz CT molecular complexity index is 638. The number of piperidine rings is 1. The first-order chi connectivity index (χ1) is 13.7. The van der Waals surface area contributed by atoms with Crippen molar-refractivity contribution in [1.82, 2.24) is 10.2 Å². The summed E-state index contributed by atoms with van der Waals surface area (Å²) in [7, 11) is 0. The number of hydrogen-bond donors (Lipinski definition) is 3. The van der Waals surface area contributed by atoms with Crippen LogP contribution in [0.25, 0.3) is 0 Å². The highest BCUT2D eigenvalue weighted by atomic mass is 16.4. The van der Waals surface area contributed by atoms with Crippen molar-refractivity contribution in [2.45, 2.75) is 58.9 Å². The fourth-order valence-corrected chi connectivity index (χ4v) is 3.15. The lowest BCUT2D eigenvalue weighted by Crippen LogP contribution is -2.40. The number of unbranched alkanes of at least 4 members (excludes halogenated alkanes) is 1. The molecule has 0 aromatic heterocycles. The minimum atomic E-state index is -1.82. The topological polar surface area (TPSA) is 107 Å². The average Bonchev–Trinajstić information content (AvgIpc) is 2.69. The van der Waals surface area contributed by atoms with Gasteiger partial charge in [-0.3, -0.25) is 9.69 Å². The van der Waals surface area contributed by atoms with Crippen LogP contribution in [0, 0.1) is 5.92 Å². The lowest BCUT2D eigenvalue weighted by atomic mass is 9.95. The summed E-state index contributed by atoms with van der Waals surface area (Å²) in [5.74, 6) is -2.58. The molecule has 3 N–H and O–H groups in total. The van der Waals surface area contributed by atoms with Gasteiger partial charge in [-0.1, -0.05) is 51.5 Å². The summed E-state index contributed by atoms with van der Waals surface area (Å²) < 4.78 is 0. The molecule has 0 atom stereocenters. The Balaban J connectivity index is 0.000000612. The van der Waals surface area contributed by atoms with Crippen molar-refractivity contribution >= 4 is 17.8 Å². The molecule has 7 nitrogen and oxygen atoms in total. The highest BCUT2D eigenvalue weighted by molar-refractivity contribution is 6.27. The zero-order valence-electron chi connectivity index (χ0n) is 17.7. The van der Waals surface area contributed by atoms with Gasteiger partial charge in [0, 0.05) is 19.0 Å². The van der Waals surface area contributed by atoms with Crippen molar-refractivity contribution in [1.29, 1.82) is 0 Å². The summed E-state index contributed by atoms with van der Waals surface area (Å²) in [4.78, 5) is 32.8. The number of aliphatic carboxylic acids is 2. The molecule has 0 spiro atoms. The van der Waals surface area contributed by atoms with E-state index >= 15 is 0 Å². The lowest BCUT2D eigenvalue weighted by molar-refractivity contribution is -0.159. The van der Waals surface area contributed by atoms with Crippen LogP contribution < -0.4 is 5.32 Å². The van der Waals surface area contributed by atoms with Crippen molar-refractivity contribution in [3.8, 4) is 0 Å². The molecule has 0 saturated carbocycles. The van der Waals surface area contributed by atoms with E-state index < -0.39 is 11.9 Å². The highest BCUT2D eigenvalue weighted by Gasteiger charge is 2.24. The number of benzene rings is 1. The average molecular weight is 407 g/mol. The Morgan fingerprint density at radius 2 is 1.62 bits per heavy atom. The van der Waals surface area contributed by atoms with Crippen LogP contribution in [-0.2, 0) is 20.9 Å². The summed E-state index contributed by atoms with van der Waals surface area (Å²) in [5, 5.41) is 17.9. The third-order valence-electron chi connectivity index (χ3n) is 5.02. The Kier molecular flexibility index (Phi) is 11.0. The fourth-order valence-electron chi connectivity index (χ4n) is 3.15. The molecule has 0 radical (unpaired) electrons. The van der Waals surface area contributed by atoms with Crippen LogP contribution in [0.1, 0.15) is 63.5 Å². The summed E-state index contributed by atoms with van der Waals surface area (Å²) in [5.41, 5.74) is 2.77. The minimum absolute atomic E-state index is 0.214. The molecule has 1 fully saturated rings. The lowest BCUT2D eigenvalue weighted by Gasteiger charge is -2.31. The van der Waals surface area contributed by atoms with E-state index in [1.807, 2.05) is 0 Å². The van der Waals surface area contributed by atoms with Gasteiger partial charge in [-0.05, 0) is 49.4 Å². The maximum atomic E-state index is 12.1. The highest BCUT2D eigenvalue weighted by Crippen LogP contribution is 2.20. The van der Waals surface area contributed by atoms with Crippen LogP contribution in [0.3, 0.4) is 0 Å². The van der Waals surface area contributed by atoms with Crippen molar-refractivity contribution in [3.63, 3.8) is 0 Å². The molecular weight excluding hydrogens is 372 g/mol. The molecule has 1 aromatic rings. The van der Waals surface area contributed by atoms with Crippen LogP contribution in [-0.4, -0.2) is 52.6 Å². The summed E-state index contributed by atoms with van der Waals surface area (Å²) in [6.07, 6.45) is 4.19. The quantitative estimate of drug-likeness (QED) is 0.474. The van der Waals surface area contributed by atoms with Crippen molar-refractivity contribution < 1.29 is 24.6 Å². The van der Waals surface area contributed by atoms with E-state index in [2.05, 4.69) is 55.3 Å². The van der Waals surface area contributed by atoms with E-state index in [0.717, 1.165) is 51.9 Å². The zero-order chi connectivity index (χ0) is 21.8. The van der Waals surface area contributed by atoms with Gasteiger partial charge in [0.1, 0.15) is 0 Å². The number of nitrogens with zero attached hydrogens (tertiary/aromatic N) is 1. The standard InChI is InChI=1S/C20H32N2O.C2H2O4/c1-4-5-12-21-20(23)19-10-13-22(14-11-19)15-17-6-8-18(9-7-17)16(2)3;3-1(4)2(5)6/h6-9,16,19H,4-5,10-15H2,1-3H3,(H,21,23);(H,3,4)(H,5,6). The molecule has 0 unspecified atom stereocenters. The van der Waals surface area contributed by atoms with Gasteiger partial charge >= 0.3 is 11.9 Å². The smallest absolute Gasteiger partial charge is 0.414 e. The number of carboxylic acid groups (broad SMARTS) is 2. The fraction of sp³-hybridized carbons (Fsp3) is 0.591. The van der Waals surface area contributed by atoms with E-state index in [4.69, 9.17) is 19.8 Å². The van der Waals surface area contributed by atoms with E-state index in [1.165, 1.54) is 11.1 Å². The van der Waals surface area contributed by atoms with Crippen LogP contribution >= 0.6 is 0 Å². The van der Waals surface area contributed by atoms with Crippen LogP contribution in [0.2, 0.25) is 0 Å². The number of amides is 1. The van der Waals surface area contributed by atoms with E-state index in [0.29, 0.717) is 5.92 Å². The normalized spacial score (nSPS) is 14.8. The minimum Gasteiger partial charge on any atom is -0.473 e. The third kappa shape index (κ3) is 9.56. The van der Waals surface area contributed by atoms with E-state index in [9.17, 15) is 4.79 Å². The number of rotatable bonds is 7. The molecule has 7 heteroatoms. The van der Waals surface area contributed by atoms with E-state index in [1.54, 1.807) is 0 Å². The molecular formula is C22H34N2O5. The van der Waals surface area contributed by atoms with Gasteiger partial charge in [0.05, 0.1) is 0 Å². The monoisotopic (exact) mass is 406 g/mol. The summed E-state index contributed by atoms with van der Waals surface area (Å²) >= 11 is 0. The Labute approximate surface area is 173 Å². The van der Waals surface area contributed by atoms with Crippen LogP contribution in [0.5, 0.6) is 0 Å². The third-order valence-corrected chi connectivity index (χ3v) is 5.02. The Morgan fingerprint density at radius 1 is 1.07 bits per heavy atom. The van der Waals surface area contributed by atoms with E-state index in [-0.39, 0.29) is 11.8 Å². The first-order valence-electron chi connectivity index (χ1n) is 10.3. The largest absolute Gasteiger partial charge is 0.473 e.